The van der Waals surface area contributed by atoms with Crippen molar-refractivity contribution >= 4 is 0 Å². The van der Waals surface area contributed by atoms with Crippen molar-refractivity contribution in [2.24, 2.45) is 5.73 Å². The molecule has 64 valence electrons. The van der Waals surface area contributed by atoms with Gasteiger partial charge in [0, 0.05) is 23.9 Å². The minimum atomic E-state index is 0.201. The van der Waals surface area contributed by atoms with Crippen molar-refractivity contribution in [3.8, 4) is 5.75 Å². The Morgan fingerprint density at radius 2 is 2.42 bits per heavy atom. The van der Waals surface area contributed by atoms with E-state index in [9.17, 15) is 5.11 Å². The van der Waals surface area contributed by atoms with Crippen LogP contribution < -0.4 is 5.73 Å². The van der Waals surface area contributed by atoms with Gasteiger partial charge in [-0.2, -0.15) is 0 Å². The largest absolute Gasteiger partial charge is 0.506 e. The monoisotopic (exact) mass is 166 g/mol. The standard InChI is InChI=1S/C8H10N2O2/c9-1-7-8(11)6-4-12-3-5(6)2-10-7/h2,11H,1,3-4,9H2. The Balaban J connectivity index is 2.54. The lowest BCUT2D eigenvalue weighted by molar-refractivity contribution is 0.133. The summed E-state index contributed by atoms with van der Waals surface area (Å²) >= 11 is 0. The van der Waals surface area contributed by atoms with E-state index in [4.69, 9.17) is 10.5 Å². The smallest absolute Gasteiger partial charge is 0.144 e. The number of rotatable bonds is 1. The first-order valence-corrected chi connectivity index (χ1v) is 3.79. The van der Waals surface area contributed by atoms with Crippen molar-refractivity contribution in [3.63, 3.8) is 0 Å². The molecule has 1 aliphatic rings. The van der Waals surface area contributed by atoms with E-state index in [1.807, 2.05) is 0 Å². The Bertz CT molecular complexity index is 312. The maximum atomic E-state index is 9.59. The third-order valence-electron chi connectivity index (χ3n) is 2.02. The van der Waals surface area contributed by atoms with Crippen LogP contribution in [0.25, 0.3) is 0 Å². The first kappa shape index (κ1) is 7.52. The van der Waals surface area contributed by atoms with E-state index in [1.54, 1.807) is 6.20 Å². The van der Waals surface area contributed by atoms with Gasteiger partial charge in [0.1, 0.15) is 5.75 Å². The maximum Gasteiger partial charge on any atom is 0.144 e. The van der Waals surface area contributed by atoms with Gasteiger partial charge < -0.3 is 15.6 Å². The maximum absolute atomic E-state index is 9.59. The molecule has 2 heterocycles. The second-order valence-electron chi connectivity index (χ2n) is 2.75. The Hall–Kier alpha value is -1.13. The summed E-state index contributed by atoms with van der Waals surface area (Å²) in [6.45, 7) is 1.27. The molecule has 3 N–H and O–H groups in total. The highest BCUT2D eigenvalue weighted by Gasteiger charge is 2.17. The van der Waals surface area contributed by atoms with E-state index in [0.29, 0.717) is 18.9 Å². The summed E-state index contributed by atoms with van der Waals surface area (Å²) < 4.78 is 5.15. The molecule has 0 atom stereocenters. The van der Waals surface area contributed by atoms with Gasteiger partial charge in [-0.3, -0.25) is 4.98 Å². The van der Waals surface area contributed by atoms with Crippen LogP contribution in [0.5, 0.6) is 5.75 Å². The second-order valence-corrected chi connectivity index (χ2v) is 2.75. The molecular weight excluding hydrogens is 156 g/mol. The third kappa shape index (κ3) is 0.964. The van der Waals surface area contributed by atoms with Gasteiger partial charge in [0.15, 0.2) is 0 Å². The van der Waals surface area contributed by atoms with Crippen molar-refractivity contribution in [3.05, 3.63) is 23.0 Å². The van der Waals surface area contributed by atoms with Crippen LogP contribution in [0.1, 0.15) is 16.8 Å². The number of ether oxygens (including phenoxy) is 1. The Morgan fingerprint density at radius 1 is 1.58 bits per heavy atom. The Labute approximate surface area is 70.0 Å². The lowest BCUT2D eigenvalue weighted by Gasteiger charge is -2.04. The number of pyridine rings is 1. The SMILES string of the molecule is NCc1ncc2c(c1O)COC2. The van der Waals surface area contributed by atoms with Crippen molar-refractivity contribution in [1.82, 2.24) is 4.98 Å². The van der Waals surface area contributed by atoms with Gasteiger partial charge in [-0.1, -0.05) is 0 Å². The van der Waals surface area contributed by atoms with Gasteiger partial charge >= 0.3 is 0 Å². The minimum Gasteiger partial charge on any atom is -0.506 e. The average molecular weight is 166 g/mol. The molecule has 0 radical (unpaired) electrons. The highest BCUT2D eigenvalue weighted by Crippen LogP contribution is 2.29. The molecule has 0 spiro atoms. The van der Waals surface area contributed by atoms with Gasteiger partial charge in [-0.25, -0.2) is 0 Å². The minimum absolute atomic E-state index is 0.201. The van der Waals surface area contributed by atoms with Gasteiger partial charge in [0.2, 0.25) is 0 Å². The summed E-state index contributed by atoms with van der Waals surface area (Å²) in [4.78, 5) is 4.01. The number of hydrogen-bond acceptors (Lipinski definition) is 4. The van der Waals surface area contributed by atoms with E-state index in [-0.39, 0.29) is 12.3 Å². The molecule has 0 amide bonds. The lowest BCUT2D eigenvalue weighted by atomic mass is 10.1. The van der Waals surface area contributed by atoms with Crippen LogP contribution in [0.3, 0.4) is 0 Å². The normalized spacial score (nSPS) is 14.8. The number of nitrogens with zero attached hydrogens (tertiary/aromatic N) is 1. The van der Waals surface area contributed by atoms with Crippen molar-refractivity contribution in [2.75, 3.05) is 0 Å². The summed E-state index contributed by atoms with van der Waals surface area (Å²) in [6.07, 6.45) is 1.71. The quantitative estimate of drug-likeness (QED) is 0.628. The topological polar surface area (TPSA) is 68.4 Å². The highest BCUT2D eigenvalue weighted by atomic mass is 16.5. The van der Waals surface area contributed by atoms with Crippen LogP contribution in [0.2, 0.25) is 0 Å². The molecule has 12 heavy (non-hydrogen) atoms. The molecule has 0 aliphatic carbocycles. The summed E-state index contributed by atoms with van der Waals surface area (Å²) in [6, 6.07) is 0. The fourth-order valence-electron chi connectivity index (χ4n) is 1.32. The third-order valence-corrected chi connectivity index (χ3v) is 2.02. The molecule has 0 saturated carbocycles. The van der Waals surface area contributed by atoms with E-state index >= 15 is 0 Å². The molecule has 4 heteroatoms. The van der Waals surface area contributed by atoms with Crippen LogP contribution in [0.4, 0.5) is 0 Å². The zero-order valence-electron chi connectivity index (χ0n) is 6.58. The summed E-state index contributed by atoms with van der Waals surface area (Å²) in [5, 5.41) is 9.59. The molecule has 1 aromatic heterocycles. The second kappa shape index (κ2) is 2.73. The number of aromatic hydroxyl groups is 1. The molecular formula is C8H10N2O2. The molecule has 0 aromatic carbocycles. The molecule has 0 bridgehead atoms. The number of nitrogens with two attached hydrogens (primary N) is 1. The Morgan fingerprint density at radius 3 is 3.17 bits per heavy atom. The van der Waals surface area contributed by atoms with Crippen molar-refractivity contribution in [1.29, 1.82) is 0 Å². The van der Waals surface area contributed by atoms with E-state index in [0.717, 1.165) is 11.1 Å². The molecule has 0 unspecified atom stereocenters. The van der Waals surface area contributed by atoms with Crippen LogP contribution in [-0.2, 0) is 24.5 Å². The van der Waals surface area contributed by atoms with Gasteiger partial charge in [-0.05, 0) is 0 Å². The molecule has 0 saturated heterocycles. The van der Waals surface area contributed by atoms with E-state index < -0.39 is 0 Å². The fourth-order valence-corrected chi connectivity index (χ4v) is 1.32. The first-order valence-electron chi connectivity index (χ1n) is 3.79. The number of hydrogen-bond donors (Lipinski definition) is 2. The van der Waals surface area contributed by atoms with E-state index in [2.05, 4.69) is 4.98 Å². The van der Waals surface area contributed by atoms with Crippen LogP contribution in [-0.4, -0.2) is 10.1 Å². The molecule has 1 aliphatic heterocycles. The summed E-state index contributed by atoms with van der Waals surface area (Å²) in [7, 11) is 0. The van der Waals surface area contributed by atoms with Gasteiger partial charge in [-0.15, -0.1) is 0 Å². The molecule has 4 nitrogen and oxygen atoms in total. The van der Waals surface area contributed by atoms with E-state index in [1.165, 1.54) is 0 Å². The predicted molar refractivity (Wildman–Crippen MR) is 42.3 cm³/mol. The molecule has 2 rings (SSSR count). The number of fused-ring (bicyclic) bond motifs is 1. The van der Waals surface area contributed by atoms with Crippen molar-refractivity contribution in [2.45, 2.75) is 19.8 Å². The van der Waals surface area contributed by atoms with Gasteiger partial charge in [0.05, 0.1) is 18.9 Å². The number of aromatic nitrogens is 1. The molecule has 1 aromatic rings. The zero-order chi connectivity index (χ0) is 8.55. The summed E-state index contributed by atoms with van der Waals surface area (Å²) in [5.74, 6) is 0.201. The lowest BCUT2D eigenvalue weighted by Crippen LogP contribution is -2.01. The fraction of sp³-hybridized carbons (Fsp3) is 0.375. The van der Waals surface area contributed by atoms with Crippen LogP contribution in [0.15, 0.2) is 6.20 Å². The molecule has 0 fully saturated rings. The van der Waals surface area contributed by atoms with Crippen LogP contribution in [0, 0.1) is 0 Å². The predicted octanol–water partition coefficient (Wildman–Crippen LogP) is 0.276. The average Bonchev–Trinajstić information content (AvgIpc) is 2.53. The first-order chi connectivity index (χ1) is 5.83. The zero-order valence-corrected chi connectivity index (χ0v) is 6.58. The highest BCUT2D eigenvalue weighted by molar-refractivity contribution is 5.41. The van der Waals surface area contributed by atoms with Crippen molar-refractivity contribution < 1.29 is 9.84 Å². The van der Waals surface area contributed by atoms with Crippen LogP contribution >= 0.6 is 0 Å². The van der Waals surface area contributed by atoms with Gasteiger partial charge in [0.25, 0.3) is 0 Å². The summed E-state index contributed by atoms with van der Waals surface area (Å²) in [5.41, 5.74) is 7.72. The Kier molecular flexibility index (Phi) is 1.71.